The van der Waals surface area contributed by atoms with Crippen molar-refractivity contribution in [1.82, 2.24) is 4.90 Å². The van der Waals surface area contributed by atoms with E-state index in [9.17, 15) is 24.3 Å². The molecular formula is C22H26N2O7. The molecule has 0 saturated carbocycles. The van der Waals surface area contributed by atoms with Gasteiger partial charge in [0.15, 0.2) is 0 Å². The van der Waals surface area contributed by atoms with Crippen LogP contribution in [0, 0.1) is 11.3 Å². The Hall–Kier alpha value is -3.20. The van der Waals surface area contributed by atoms with Crippen LogP contribution >= 0.6 is 0 Å². The van der Waals surface area contributed by atoms with Gasteiger partial charge in [-0.05, 0) is 57.4 Å². The van der Waals surface area contributed by atoms with Crippen molar-refractivity contribution in [3.05, 3.63) is 41.1 Å². The number of hydrogen-bond donors (Lipinski definition) is 2. The fourth-order valence-corrected chi connectivity index (χ4v) is 3.80. The molecule has 9 nitrogen and oxygen atoms in total. The first-order valence-corrected chi connectivity index (χ1v) is 9.92. The lowest BCUT2D eigenvalue weighted by molar-refractivity contribution is -0.175. The average Bonchev–Trinajstić information content (AvgIpc) is 3.01. The van der Waals surface area contributed by atoms with Crippen LogP contribution in [0.1, 0.15) is 50.0 Å². The number of ether oxygens (including phenoxy) is 2. The summed E-state index contributed by atoms with van der Waals surface area (Å²) in [7, 11) is 0. The van der Waals surface area contributed by atoms with E-state index in [4.69, 9.17) is 15.2 Å². The largest absolute Gasteiger partial charge is 0.427 e. The summed E-state index contributed by atoms with van der Waals surface area (Å²) in [5.74, 6) is -3.03. The zero-order valence-corrected chi connectivity index (χ0v) is 17.9. The van der Waals surface area contributed by atoms with Crippen LogP contribution in [-0.2, 0) is 23.9 Å². The van der Waals surface area contributed by atoms with Gasteiger partial charge in [0.05, 0.1) is 23.5 Å². The van der Waals surface area contributed by atoms with Crippen LogP contribution in [0.5, 0.6) is 0 Å². The molecule has 2 aliphatic rings. The van der Waals surface area contributed by atoms with Crippen LogP contribution in [0.2, 0.25) is 0 Å². The number of carbonyl (C=O) groups excluding carboxylic acids is 4. The van der Waals surface area contributed by atoms with Gasteiger partial charge in [-0.2, -0.15) is 0 Å². The molecule has 0 aromatic heterocycles. The van der Waals surface area contributed by atoms with Crippen LogP contribution in [0.3, 0.4) is 0 Å². The van der Waals surface area contributed by atoms with E-state index in [2.05, 4.69) is 0 Å². The van der Waals surface area contributed by atoms with Crippen molar-refractivity contribution in [2.45, 2.75) is 46.3 Å². The highest BCUT2D eigenvalue weighted by atomic mass is 16.7. The van der Waals surface area contributed by atoms with Gasteiger partial charge in [-0.3, -0.25) is 14.4 Å². The zero-order valence-electron chi connectivity index (χ0n) is 17.9. The average molecular weight is 430 g/mol. The van der Waals surface area contributed by atoms with Crippen molar-refractivity contribution >= 4 is 29.3 Å². The summed E-state index contributed by atoms with van der Waals surface area (Å²) in [5, 5.41) is 9.97. The second kappa shape index (κ2) is 8.14. The van der Waals surface area contributed by atoms with Crippen molar-refractivity contribution < 1.29 is 33.8 Å². The number of amides is 2. The van der Waals surface area contributed by atoms with Gasteiger partial charge in [0, 0.05) is 5.56 Å². The van der Waals surface area contributed by atoms with E-state index in [1.54, 1.807) is 39.0 Å². The third kappa shape index (κ3) is 4.18. The number of β-lactam (4-membered cyclic amide) rings is 1. The number of carbonyl (C=O) groups is 4. The van der Waals surface area contributed by atoms with Crippen molar-refractivity contribution in [3.63, 3.8) is 0 Å². The number of esters is 2. The van der Waals surface area contributed by atoms with E-state index in [0.717, 1.165) is 0 Å². The van der Waals surface area contributed by atoms with Crippen molar-refractivity contribution in [3.8, 4) is 0 Å². The lowest BCUT2D eigenvalue weighted by Crippen LogP contribution is -2.61. The number of aliphatic hydroxyl groups is 1. The number of primary amides is 1. The predicted octanol–water partition coefficient (Wildman–Crippen LogP) is 1.20. The normalized spacial score (nSPS) is 21.3. The van der Waals surface area contributed by atoms with Crippen LogP contribution in [0.25, 0.3) is 5.57 Å². The summed E-state index contributed by atoms with van der Waals surface area (Å²) in [4.78, 5) is 50.3. The van der Waals surface area contributed by atoms with Crippen LogP contribution in [0.15, 0.2) is 30.0 Å². The minimum atomic E-state index is -0.880. The highest BCUT2D eigenvalue weighted by molar-refractivity contribution is 6.07. The van der Waals surface area contributed by atoms with Crippen molar-refractivity contribution in [2.75, 3.05) is 6.79 Å². The Morgan fingerprint density at radius 1 is 1.26 bits per heavy atom. The van der Waals surface area contributed by atoms with E-state index < -0.39 is 48.1 Å². The van der Waals surface area contributed by atoms with Crippen LogP contribution in [-0.4, -0.2) is 52.7 Å². The fraction of sp³-hybridized carbons (Fsp3) is 0.455. The second-order valence-corrected chi connectivity index (χ2v) is 8.75. The standard InChI is InChI=1S/C22H26N2O7/c1-11(25)16-15-9-14(12-6-5-7-13(8-12)18(23)26)17(24(15)19(16)27)20(28)30-10-31-21(29)22(2,3)4/h5-8,11,15-16,25H,9-10H2,1-4H3,(H2,23,26). The van der Waals surface area contributed by atoms with Crippen LogP contribution in [0.4, 0.5) is 0 Å². The first-order chi connectivity index (χ1) is 14.4. The van der Waals surface area contributed by atoms with Gasteiger partial charge in [0.2, 0.25) is 18.6 Å². The molecular weight excluding hydrogens is 404 g/mol. The maximum atomic E-state index is 12.9. The number of rotatable bonds is 6. The molecule has 1 saturated heterocycles. The highest BCUT2D eigenvalue weighted by Crippen LogP contribution is 2.47. The quantitative estimate of drug-likeness (QED) is 0.393. The Morgan fingerprint density at radius 3 is 2.52 bits per heavy atom. The Balaban J connectivity index is 1.90. The van der Waals surface area contributed by atoms with Gasteiger partial charge >= 0.3 is 11.9 Å². The molecule has 1 fully saturated rings. The third-order valence-corrected chi connectivity index (χ3v) is 5.41. The predicted molar refractivity (Wildman–Crippen MR) is 109 cm³/mol. The van der Waals surface area contributed by atoms with Gasteiger partial charge in [-0.25, -0.2) is 4.79 Å². The van der Waals surface area contributed by atoms with Gasteiger partial charge < -0.3 is 25.2 Å². The summed E-state index contributed by atoms with van der Waals surface area (Å²) in [6.45, 7) is 5.93. The summed E-state index contributed by atoms with van der Waals surface area (Å²) < 4.78 is 10.1. The van der Waals surface area contributed by atoms with Gasteiger partial charge in [0.1, 0.15) is 5.70 Å². The van der Waals surface area contributed by atoms with E-state index in [1.807, 2.05) is 0 Å². The second-order valence-electron chi connectivity index (χ2n) is 8.75. The molecule has 1 aromatic rings. The number of aliphatic hydroxyl groups excluding tert-OH is 1. The Morgan fingerprint density at radius 2 is 1.94 bits per heavy atom. The summed E-state index contributed by atoms with van der Waals surface area (Å²) >= 11 is 0. The number of nitrogens with two attached hydrogens (primary N) is 1. The molecule has 0 radical (unpaired) electrons. The first kappa shape index (κ1) is 22.5. The first-order valence-electron chi connectivity index (χ1n) is 9.92. The lowest BCUT2D eigenvalue weighted by Gasteiger charge is -2.44. The van der Waals surface area contributed by atoms with Gasteiger partial charge in [-0.15, -0.1) is 0 Å². The molecule has 1 aromatic carbocycles. The van der Waals surface area contributed by atoms with Crippen molar-refractivity contribution in [1.29, 1.82) is 0 Å². The molecule has 2 heterocycles. The van der Waals surface area contributed by atoms with Crippen LogP contribution < -0.4 is 5.73 Å². The maximum Gasteiger partial charge on any atom is 0.358 e. The van der Waals surface area contributed by atoms with Crippen molar-refractivity contribution in [2.24, 2.45) is 17.1 Å². The Kier molecular flexibility index (Phi) is 5.91. The van der Waals surface area contributed by atoms with E-state index in [1.165, 1.54) is 17.9 Å². The zero-order chi connectivity index (χ0) is 23.1. The van der Waals surface area contributed by atoms with E-state index >= 15 is 0 Å². The van der Waals surface area contributed by atoms with Gasteiger partial charge in [-0.1, -0.05) is 12.1 Å². The number of benzene rings is 1. The number of fused-ring (bicyclic) bond motifs is 1. The molecule has 3 N–H and O–H groups in total. The summed E-state index contributed by atoms with van der Waals surface area (Å²) in [6.07, 6.45) is -0.578. The highest BCUT2D eigenvalue weighted by Gasteiger charge is 2.57. The smallest absolute Gasteiger partial charge is 0.358 e. The minimum Gasteiger partial charge on any atom is -0.427 e. The monoisotopic (exact) mass is 430 g/mol. The molecule has 3 unspecified atom stereocenters. The Bertz CT molecular complexity index is 974. The molecule has 9 heteroatoms. The number of nitrogens with zero attached hydrogens (tertiary/aromatic N) is 1. The van der Waals surface area contributed by atoms with Gasteiger partial charge in [0.25, 0.3) is 0 Å². The molecule has 166 valence electrons. The van der Waals surface area contributed by atoms with E-state index in [0.29, 0.717) is 17.6 Å². The van der Waals surface area contributed by atoms with E-state index in [-0.39, 0.29) is 17.2 Å². The molecule has 0 spiro atoms. The topological polar surface area (TPSA) is 136 Å². The molecule has 2 amide bonds. The molecule has 0 aliphatic carbocycles. The maximum absolute atomic E-state index is 12.9. The fourth-order valence-electron chi connectivity index (χ4n) is 3.80. The molecule has 31 heavy (non-hydrogen) atoms. The summed E-state index contributed by atoms with van der Waals surface area (Å²) in [5.41, 5.74) is 5.91. The summed E-state index contributed by atoms with van der Waals surface area (Å²) in [6, 6.07) is 6.00. The molecule has 0 bridgehead atoms. The number of hydrogen-bond acceptors (Lipinski definition) is 7. The minimum absolute atomic E-state index is 0.0142. The molecule has 3 atom stereocenters. The molecule has 3 rings (SSSR count). The Labute approximate surface area is 179 Å². The third-order valence-electron chi connectivity index (χ3n) is 5.41. The SMILES string of the molecule is CC(O)C1C(=O)N2C(C(=O)OCOC(=O)C(C)(C)C)=C(c3cccc(C(N)=O)c3)CC12. The molecule has 2 aliphatic heterocycles. The lowest BCUT2D eigenvalue weighted by atomic mass is 9.82.